The average Bonchev–Trinajstić information content (AvgIpc) is 2.88. The predicted molar refractivity (Wildman–Crippen MR) is 138 cm³/mol. The van der Waals surface area contributed by atoms with E-state index >= 15 is 0 Å². The molecule has 1 heterocycles. The summed E-state index contributed by atoms with van der Waals surface area (Å²) in [7, 11) is 1.59. The van der Waals surface area contributed by atoms with E-state index in [9.17, 15) is 9.59 Å². The lowest BCUT2D eigenvalue weighted by Crippen LogP contribution is -2.30. The van der Waals surface area contributed by atoms with Gasteiger partial charge in [-0.3, -0.25) is 9.59 Å². The van der Waals surface area contributed by atoms with Crippen LogP contribution in [0.1, 0.15) is 61.1 Å². The second-order valence-corrected chi connectivity index (χ2v) is 9.75. The van der Waals surface area contributed by atoms with Crippen molar-refractivity contribution in [3.63, 3.8) is 0 Å². The van der Waals surface area contributed by atoms with Crippen LogP contribution < -0.4 is 9.47 Å². The molecule has 1 aliphatic heterocycles. The second kappa shape index (κ2) is 10.4. The van der Waals surface area contributed by atoms with Crippen LogP contribution >= 0.6 is 11.6 Å². The maximum absolute atomic E-state index is 13.2. The molecule has 2 aromatic carbocycles. The van der Waals surface area contributed by atoms with Gasteiger partial charge in [0, 0.05) is 58.9 Å². The molecule has 0 aromatic heterocycles. The van der Waals surface area contributed by atoms with E-state index in [2.05, 4.69) is 6.58 Å². The zero-order valence-corrected chi connectivity index (χ0v) is 21.2. The number of hydrogen-bond donors (Lipinski definition) is 0. The lowest BCUT2D eigenvalue weighted by molar-refractivity contribution is -0.117. The van der Waals surface area contributed by atoms with Gasteiger partial charge in [-0.15, -0.1) is 6.58 Å². The van der Waals surface area contributed by atoms with Gasteiger partial charge in [0.1, 0.15) is 18.1 Å². The summed E-state index contributed by atoms with van der Waals surface area (Å²) in [5.74, 6) is 2.21. The number of halogens is 1. The fourth-order valence-electron chi connectivity index (χ4n) is 5.39. The van der Waals surface area contributed by atoms with Crippen LogP contribution in [-0.2, 0) is 27.4 Å². The Hall–Kier alpha value is -3.31. The van der Waals surface area contributed by atoms with Crippen molar-refractivity contribution >= 4 is 23.2 Å². The summed E-state index contributed by atoms with van der Waals surface area (Å²) in [6.45, 7) is 4.19. The molecule has 0 spiro atoms. The summed E-state index contributed by atoms with van der Waals surface area (Å²) in [5, 5.41) is 0.631. The van der Waals surface area contributed by atoms with Crippen LogP contribution in [0.5, 0.6) is 11.5 Å². The van der Waals surface area contributed by atoms with Gasteiger partial charge in [-0.2, -0.15) is 0 Å². The van der Waals surface area contributed by atoms with Crippen LogP contribution in [0.25, 0.3) is 0 Å². The minimum atomic E-state index is -0.459. The summed E-state index contributed by atoms with van der Waals surface area (Å²) in [6, 6.07) is 11.5. The minimum absolute atomic E-state index is 0.0504. The Kier molecular flexibility index (Phi) is 7.01. The Morgan fingerprint density at radius 2 is 1.67 bits per heavy atom. The Morgan fingerprint density at radius 1 is 1.00 bits per heavy atom. The minimum Gasteiger partial charge on any atom is -0.493 e. The van der Waals surface area contributed by atoms with Crippen LogP contribution in [0.3, 0.4) is 0 Å². The van der Waals surface area contributed by atoms with Gasteiger partial charge >= 0.3 is 0 Å². The largest absolute Gasteiger partial charge is 0.493 e. The fourth-order valence-corrected chi connectivity index (χ4v) is 5.58. The zero-order chi connectivity index (χ0) is 25.2. The van der Waals surface area contributed by atoms with E-state index in [0.29, 0.717) is 71.3 Å². The first kappa shape index (κ1) is 24.4. The molecule has 186 valence electrons. The molecule has 0 saturated heterocycles. The van der Waals surface area contributed by atoms with E-state index in [-0.39, 0.29) is 18.2 Å². The first-order valence-corrected chi connectivity index (χ1v) is 12.8. The lowest BCUT2D eigenvalue weighted by atomic mass is 9.73. The molecule has 0 amide bonds. The Bertz CT molecular complexity index is 1260. The normalized spacial score (nSPS) is 17.9. The van der Waals surface area contributed by atoms with Crippen LogP contribution in [0.4, 0.5) is 0 Å². The number of Topliss-reactive ketones (excluding diaryl/α,β-unsaturated/α-hetero) is 2. The maximum atomic E-state index is 13.2. The van der Waals surface area contributed by atoms with Crippen molar-refractivity contribution in [1.82, 2.24) is 0 Å². The molecular weight excluding hydrogens is 476 g/mol. The van der Waals surface area contributed by atoms with Crippen molar-refractivity contribution in [2.45, 2.75) is 57.5 Å². The first-order valence-electron chi connectivity index (χ1n) is 12.4. The van der Waals surface area contributed by atoms with Gasteiger partial charge in [0.2, 0.25) is 0 Å². The molecule has 0 unspecified atom stereocenters. The van der Waals surface area contributed by atoms with Crippen LogP contribution in [-0.4, -0.2) is 18.7 Å². The number of carbonyl (C=O) groups excluding carboxylic acids is 2. The van der Waals surface area contributed by atoms with Gasteiger partial charge < -0.3 is 14.2 Å². The lowest BCUT2D eigenvalue weighted by Gasteiger charge is -2.36. The number of hydrogen-bond acceptors (Lipinski definition) is 5. The molecule has 3 aliphatic rings. The summed E-state index contributed by atoms with van der Waals surface area (Å²) in [5.41, 5.74) is 3.80. The van der Waals surface area contributed by atoms with Gasteiger partial charge in [-0.25, -0.2) is 0 Å². The zero-order valence-electron chi connectivity index (χ0n) is 20.4. The highest BCUT2D eigenvalue weighted by atomic mass is 35.5. The van der Waals surface area contributed by atoms with Gasteiger partial charge in [-0.05, 0) is 37.0 Å². The summed E-state index contributed by atoms with van der Waals surface area (Å²) in [4.78, 5) is 26.3. The van der Waals surface area contributed by atoms with Gasteiger partial charge in [0.05, 0.1) is 7.11 Å². The monoisotopic (exact) mass is 504 g/mol. The van der Waals surface area contributed by atoms with Gasteiger partial charge in [0.25, 0.3) is 0 Å². The third-order valence-electron chi connectivity index (χ3n) is 7.04. The highest BCUT2D eigenvalue weighted by Gasteiger charge is 2.42. The number of allylic oxidation sites excluding steroid dienone is 5. The fraction of sp³-hybridized carbons (Fsp3) is 0.333. The van der Waals surface area contributed by atoms with Crippen LogP contribution in [0, 0.1) is 0 Å². The molecule has 0 bridgehead atoms. The molecule has 36 heavy (non-hydrogen) atoms. The number of ether oxygens (including phenoxy) is 3. The number of ketones is 2. The Labute approximate surface area is 216 Å². The number of benzene rings is 2. The molecule has 5 nitrogen and oxygen atoms in total. The van der Waals surface area contributed by atoms with Gasteiger partial charge in [0.15, 0.2) is 23.1 Å². The summed E-state index contributed by atoms with van der Waals surface area (Å²) in [6.07, 6.45) is 6.21. The molecular formula is C30H29ClO5. The molecule has 2 aromatic rings. The molecule has 0 radical (unpaired) electrons. The van der Waals surface area contributed by atoms with Crippen molar-refractivity contribution in [3.8, 4) is 11.5 Å². The summed E-state index contributed by atoms with van der Waals surface area (Å²) >= 11 is 6.34. The Balaban J connectivity index is 1.61. The third kappa shape index (κ3) is 4.48. The van der Waals surface area contributed by atoms with E-state index in [1.54, 1.807) is 13.2 Å². The van der Waals surface area contributed by atoms with Crippen molar-refractivity contribution in [2.75, 3.05) is 7.11 Å². The number of carbonyl (C=O) groups is 2. The van der Waals surface area contributed by atoms with E-state index < -0.39 is 5.92 Å². The molecule has 5 rings (SSSR count). The topological polar surface area (TPSA) is 61.8 Å². The predicted octanol–water partition coefficient (Wildman–Crippen LogP) is 6.78. The van der Waals surface area contributed by atoms with E-state index in [1.165, 1.54) is 0 Å². The third-order valence-corrected chi connectivity index (χ3v) is 7.41. The molecule has 6 heteroatoms. The quantitative estimate of drug-likeness (QED) is 0.389. The molecule has 0 saturated carbocycles. The Morgan fingerprint density at radius 3 is 2.28 bits per heavy atom. The van der Waals surface area contributed by atoms with Crippen molar-refractivity contribution in [3.05, 3.63) is 93.4 Å². The van der Waals surface area contributed by atoms with Crippen molar-refractivity contribution in [2.24, 2.45) is 0 Å². The molecule has 0 fully saturated rings. The summed E-state index contributed by atoms with van der Waals surface area (Å²) < 4.78 is 18.2. The van der Waals surface area contributed by atoms with Crippen molar-refractivity contribution < 1.29 is 23.8 Å². The highest BCUT2D eigenvalue weighted by Crippen LogP contribution is 2.49. The first-order chi connectivity index (χ1) is 17.5. The van der Waals surface area contributed by atoms with Crippen molar-refractivity contribution in [1.29, 1.82) is 0 Å². The number of methoxy groups -OCH3 is 1. The van der Waals surface area contributed by atoms with Gasteiger partial charge in [-0.1, -0.05) is 41.9 Å². The standard InChI is InChI=1S/C30H29ClO5/c1-3-8-18-15-20(16-26(34-2)30(18)35-17-19-9-4-5-10-21(19)31)27-28-22(32)11-6-13-24(28)36-25-14-7-12-23(33)29(25)27/h3-5,9-10,15-16,27H,1,6-8,11-14,17H2,2H3. The van der Waals surface area contributed by atoms with E-state index in [1.807, 2.05) is 36.4 Å². The average molecular weight is 505 g/mol. The molecule has 0 atom stereocenters. The maximum Gasteiger partial charge on any atom is 0.165 e. The molecule has 0 N–H and O–H groups in total. The van der Waals surface area contributed by atoms with Crippen LogP contribution in [0.2, 0.25) is 5.02 Å². The van der Waals surface area contributed by atoms with E-state index in [0.717, 1.165) is 29.5 Å². The highest BCUT2D eigenvalue weighted by molar-refractivity contribution is 6.31. The van der Waals surface area contributed by atoms with E-state index in [4.69, 9.17) is 25.8 Å². The smallest absolute Gasteiger partial charge is 0.165 e. The SMILES string of the molecule is C=CCc1cc(C2C3=C(CCCC3=O)OC3=C2C(=O)CCC3)cc(OC)c1OCc1ccccc1Cl. The number of rotatable bonds is 7. The molecule has 2 aliphatic carbocycles. The van der Waals surface area contributed by atoms with Crippen LogP contribution in [0.15, 0.2) is 71.7 Å². The second-order valence-electron chi connectivity index (χ2n) is 9.35.